The van der Waals surface area contributed by atoms with E-state index < -0.39 is 0 Å². The lowest BCUT2D eigenvalue weighted by Crippen LogP contribution is -2.31. The average molecular weight is 283 g/mol. The number of nitrogens with zero attached hydrogens (tertiary/aromatic N) is 2. The molecule has 108 valence electrons. The van der Waals surface area contributed by atoms with Crippen molar-refractivity contribution in [2.75, 3.05) is 6.54 Å². The molecule has 5 heteroatoms. The zero-order chi connectivity index (χ0) is 13.7. The molecule has 0 aliphatic heterocycles. The summed E-state index contributed by atoms with van der Waals surface area (Å²) >= 11 is 1.97. The Bertz CT molecular complexity index is 384. The van der Waals surface area contributed by atoms with Crippen LogP contribution in [0, 0.1) is 0 Å². The van der Waals surface area contributed by atoms with Crippen LogP contribution in [-0.2, 0) is 11.2 Å². The summed E-state index contributed by atoms with van der Waals surface area (Å²) in [5.74, 6) is 2.37. The zero-order valence-corrected chi connectivity index (χ0v) is 12.8. The lowest BCUT2D eigenvalue weighted by Gasteiger charge is -2.21. The van der Waals surface area contributed by atoms with E-state index in [9.17, 15) is 0 Å². The molecule has 1 fully saturated rings. The van der Waals surface area contributed by atoms with E-state index in [1.54, 1.807) is 0 Å². The Morgan fingerprint density at radius 1 is 1.37 bits per heavy atom. The van der Waals surface area contributed by atoms with E-state index in [2.05, 4.69) is 24.0 Å². The number of nitrogens with two attached hydrogens (primary N) is 1. The first-order valence-electron chi connectivity index (χ1n) is 7.32. The van der Waals surface area contributed by atoms with Crippen LogP contribution in [0.4, 0.5) is 0 Å². The second-order valence-corrected chi connectivity index (χ2v) is 6.99. The summed E-state index contributed by atoms with van der Waals surface area (Å²) in [7, 11) is 0. The number of hydrogen-bond acceptors (Lipinski definition) is 5. The molecule has 1 aliphatic carbocycles. The maximum atomic E-state index is 5.82. The molecule has 0 amide bonds. The van der Waals surface area contributed by atoms with Crippen molar-refractivity contribution in [2.24, 2.45) is 5.73 Å². The van der Waals surface area contributed by atoms with Crippen molar-refractivity contribution >= 4 is 11.8 Å². The maximum Gasteiger partial charge on any atom is 0.233 e. The van der Waals surface area contributed by atoms with Crippen LogP contribution in [-0.4, -0.2) is 21.9 Å². The predicted molar refractivity (Wildman–Crippen MR) is 79.2 cm³/mol. The van der Waals surface area contributed by atoms with E-state index in [0.29, 0.717) is 12.4 Å². The van der Waals surface area contributed by atoms with Gasteiger partial charge in [0.15, 0.2) is 5.82 Å². The summed E-state index contributed by atoms with van der Waals surface area (Å²) in [5.41, 5.74) is 5.64. The third-order valence-electron chi connectivity index (χ3n) is 4.22. The van der Waals surface area contributed by atoms with E-state index in [1.807, 2.05) is 11.8 Å². The predicted octanol–water partition coefficient (Wildman–Crippen LogP) is 3.26. The van der Waals surface area contributed by atoms with Crippen LogP contribution in [0.15, 0.2) is 4.52 Å². The van der Waals surface area contributed by atoms with Gasteiger partial charge in [-0.2, -0.15) is 16.7 Å². The third kappa shape index (κ3) is 3.72. The number of aromatic nitrogens is 2. The van der Waals surface area contributed by atoms with E-state index in [-0.39, 0.29) is 5.41 Å². The fourth-order valence-electron chi connectivity index (χ4n) is 2.36. The van der Waals surface area contributed by atoms with Crippen LogP contribution in [0.1, 0.15) is 64.1 Å². The summed E-state index contributed by atoms with van der Waals surface area (Å²) in [6.45, 7) is 4.73. The smallest absolute Gasteiger partial charge is 0.233 e. The molecule has 0 radical (unpaired) electrons. The van der Waals surface area contributed by atoms with Crippen molar-refractivity contribution in [3.8, 4) is 0 Å². The molecule has 0 bridgehead atoms. The zero-order valence-electron chi connectivity index (χ0n) is 12.0. The van der Waals surface area contributed by atoms with Gasteiger partial charge in [0.25, 0.3) is 0 Å². The van der Waals surface area contributed by atoms with Gasteiger partial charge >= 0.3 is 0 Å². The molecule has 1 atom stereocenters. The molecule has 1 heterocycles. The van der Waals surface area contributed by atoms with Gasteiger partial charge in [-0.25, -0.2) is 0 Å². The summed E-state index contributed by atoms with van der Waals surface area (Å²) in [5, 5.41) is 4.88. The van der Waals surface area contributed by atoms with Gasteiger partial charge in [-0.1, -0.05) is 31.3 Å². The lowest BCUT2D eigenvalue weighted by molar-refractivity contribution is 0.289. The Labute approximate surface area is 119 Å². The van der Waals surface area contributed by atoms with Crippen LogP contribution in [0.25, 0.3) is 0 Å². The van der Waals surface area contributed by atoms with Crippen molar-refractivity contribution in [3.63, 3.8) is 0 Å². The van der Waals surface area contributed by atoms with E-state index in [1.165, 1.54) is 32.1 Å². The second-order valence-electron chi connectivity index (χ2n) is 5.71. The topological polar surface area (TPSA) is 64.9 Å². The van der Waals surface area contributed by atoms with Crippen molar-refractivity contribution in [1.29, 1.82) is 0 Å². The van der Waals surface area contributed by atoms with Gasteiger partial charge < -0.3 is 10.3 Å². The second kappa shape index (κ2) is 6.75. The first kappa shape index (κ1) is 14.9. The highest BCUT2D eigenvalue weighted by molar-refractivity contribution is 7.99. The molecule has 19 heavy (non-hydrogen) atoms. The van der Waals surface area contributed by atoms with Gasteiger partial charge in [-0.05, 0) is 26.2 Å². The van der Waals surface area contributed by atoms with E-state index >= 15 is 0 Å². The summed E-state index contributed by atoms with van der Waals surface area (Å²) in [4.78, 5) is 4.53. The Kier molecular flexibility index (Phi) is 5.28. The van der Waals surface area contributed by atoms with Crippen LogP contribution in [0.2, 0.25) is 0 Å². The number of hydrogen-bond donors (Lipinski definition) is 1. The van der Waals surface area contributed by atoms with Gasteiger partial charge in [-0.3, -0.25) is 0 Å². The number of rotatable bonds is 6. The van der Waals surface area contributed by atoms with Crippen LogP contribution in [0.3, 0.4) is 0 Å². The fraction of sp³-hybridized carbons (Fsp3) is 0.857. The molecule has 2 rings (SSSR count). The standard InChI is InChI=1S/C14H25N3OS/c1-3-14(2,10-15)13-16-12(17-18-13)9-19-11-7-5-4-6-8-11/h11H,3-10,15H2,1-2H3. The quantitative estimate of drug-likeness (QED) is 0.868. The van der Waals surface area contributed by atoms with Crippen LogP contribution >= 0.6 is 11.8 Å². The van der Waals surface area contributed by atoms with Crippen molar-refractivity contribution in [2.45, 2.75) is 68.8 Å². The van der Waals surface area contributed by atoms with Crippen LogP contribution < -0.4 is 5.73 Å². The van der Waals surface area contributed by atoms with Gasteiger partial charge in [0.1, 0.15) is 0 Å². The largest absolute Gasteiger partial charge is 0.339 e. The Morgan fingerprint density at radius 2 is 2.11 bits per heavy atom. The van der Waals surface area contributed by atoms with Gasteiger partial charge in [0, 0.05) is 11.8 Å². The molecule has 0 aromatic carbocycles. The average Bonchev–Trinajstić information content (AvgIpc) is 2.95. The molecule has 1 aromatic rings. The van der Waals surface area contributed by atoms with Gasteiger partial charge in [0.05, 0.1) is 11.2 Å². The molecule has 2 N–H and O–H groups in total. The Morgan fingerprint density at radius 3 is 2.74 bits per heavy atom. The lowest BCUT2D eigenvalue weighted by atomic mass is 9.88. The summed E-state index contributed by atoms with van der Waals surface area (Å²) < 4.78 is 5.40. The SMILES string of the molecule is CCC(C)(CN)c1nc(CSC2CCCCC2)no1. The highest BCUT2D eigenvalue weighted by atomic mass is 32.2. The minimum Gasteiger partial charge on any atom is -0.339 e. The molecule has 1 aromatic heterocycles. The first-order valence-corrected chi connectivity index (χ1v) is 8.37. The normalized spacial score (nSPS) is 20.4. The highest BCUT2D eigenvalue weighted by Crippen LogP contribution is 2.31. The molecular formula is C14H25N3OS. The monoisotopic (exact) mass is 283 g/mol. The van der Waals surface area contributed by atoms with Crippen LogP contribution in [0.5, 0.6) is 0 Å². The highest BCUT2D eigenvalue weighted by Gasteiger charge is 2.29. The van der Waals surface area contributed by atoms with Crippen molar-refractivity contribution < 1.29 is 4.52 Å². The number of thioether (sulfide) groups is 1. The maximum absolute atomic E-state index is 5.82. The summed E-state index contributed by atoms with van der Waals surface area (Å²) in [6.07, 6.45) is 7.73. The summed E-state index contributed by atoms with van der Waals surface area (Å²) in [6, 6.07) is 0. The molecule has 0 spiro atoms. The minimum absolute atomic E-state index is 0.180. The molecule has 1 aliphatic rings. The first-order chi connectivity index (χ1) is 9.18. The van der Waals surface area contributed by atoms with Gasteiger partial charge in [-0.15, -0.1) is 0 Å². The van der Waals surface area contributed by atoms with E-state index in [0.717, 1.165) is 23.2 Å². The minimum atomic E-state index is -0.180. The third-order valence-corrected chi connectivity index (χ3v) is 5.58. The fourth-order valence-corrected chi connectivity index (χ4v) is 3.53. The Hall–Kier alpha value is -0.550. The molecule has 1 unspecified atom stereocenters. The van der Waals surface area contributed by atoms with Crippen molar-refractivity contribution in [3.05, 3.63) is 11.7 Å². The molecule has 0 saturated heterocycles. The van der Waals surface area contributed by atoms with E-state index in [4.69, 9.17) is 10.3 Å². The van der Waals surface area contributed by atoms with Crippen molar-refractivity contribution in [1.82, 2.24) is 10.1 Å². The van der Waals surface area contributed by atoms with Gasteiger partial charge in [0.2, 0.25) is 5.89 Å². The Balaban J connectivity index is 1.90. The molecule has 4 nitrogen and oxygen atoms in total. The molecule has 1 saturated carbocycles. The molecular weight excluding hydrogens is 258 g/mol.